The number of aliphatic hydroxyl groups is 2. The second-order valence-electron chi connectivity index (χ2n) is 24.2. The molecule has 0 aliphatic heterocycles. The Kier molecular flexibility index (Phi) is 64.9. The van der Waals surface area contributed by atoms with Crippen molar-refractivity contribution in [3.05, 3.63) is 12.2 Å². The average Bonchev–Trinajstić information content (AvgIpc) is 3.42. The van der Waals surface area contributed by atoms with Crippen LogP contribution in [-0.4, -0.2) is 47.4 Å². The smallest absolute Gasteiger partial charge is 0.305 e. The molecular weight excluding hydrogens is 935 g/mol. The van der Waals surface area contributed by atoms with Gasteiger partial charge in [-0.15, -0.1) is 0 Å². The maximum absolute atomic E-state index is 12.5. The van der Waals surface area contributed by atoms with Crippen LogP contribution in [0.1, 0.15) is 399 Å². The lowest BCUT2D eigenvalue weighted by molar-refractivity contribution is -0.143. The molecule has 0 aromatic heterocycles. The van der Waals surface area contributed by atoms with Crippen molar-refractivity contribution in [3.8, 4) is 0 Å². The van der Waals surface area contributed by atoms with E-state index in [1.807, 2.05) is 6.08 Å². The molecular formula is C70H137NO5. The quantitative estimate of drug-likeness (QED) is 0.0320. The highest BCUT2D eigenvalue weighted by Crippen LogP contribution is 2.19. The third-order valence-corrected chi connectivity index (χ3v) is 16.6. The van der Waals surface area contributed by atoms with E-state index in [9.17, 15) is 19.8 Å². The Balaban J connectivity index is 3.31. The molecule has 0 spiro atoms. The minimum absolute atomic E-state index is 0.0240. The number of esters is 1. The van der Waals surface area contributed by atoms with Gasteiger partial charge in [0.2, 0.25) is 5.91 Å². The van der Waals surface area contributed by atoms with Crippen LogP contribution < -0.4 is 5.32 Å². The molecule has 0 rings (SSSR count). The van der Waals surface area contributed by atoms with E-state index in [0.717, 1.165) is 38.5 Å². The van der Waals surface area contributed by atoms with E-state index in [1.165, 1.54) is 334 Å². The number of carbonyl (C=O) groups is 2. The Morgan fingerprint density at radius 2 is 0.605 bits per heavy atom. The number of allylic oxidation sites excluding steroid dienone is 1. The normalized spacial score (nSPS) is 12.5. The van der Waals surface area contributed by atoms with Crippen molar-refractivity contribution in [1.29, 1.82) is 0 Å². The molecule has 0 radical (unpaired) electrons. The number of aliphatic hydroxyl groups excluding tert-OH is 2. The maximum atomic E-state index is 12.5. The molecule has 76 heavy (non-hydrogen) atoms. The topological polar surface area (TPSA) is 95.9 Å². The first-order valence-electron chi connectivity index (χ1n) is 35.0. The first kappa shape index (κ1) is 74.6. The first-order valence-corrected chi connectivity index (χ1v) is 35.0. The molecule has 0 saturated heterocycles. The summed E-state index contributed by atoms with van der Waals surface area (Å²) in [5.74, 6) is -0.0375. The summed E-state index contributed by atoms with van der Waals surface area (Å²) in [4.78, 5) is 24.5. The fraction of sp³-hybridized carbons (Fsp3) is 0.943. The molecule has 2 unspecified atom stereocenters. The average molecular weight is 1070 g/mol. The highest BCUT2D eigenvalue weighted by atomic mass is 16.5. The minimum atomic E-state index is -0.839. The maximum Gasteiger partial charge on any atom is 0.305 e. The van der Waals surface area contributed by atoms with Gasteiger partial charge in [0, 0.05) is 12.8 Å². The van der Waals surface area contributed by atoms with Crippen molar-refractivity contribution >= 4 is 11.9 Å². The van der Waals surface area contributed by atoms with Crippen molar-refractivity contribution in [2.45, 2.75) is 411 Å². The Bertz CT molecular complexity index is 1140. The number of ether oxygens (including phenoxy) is 1. The zero-order valence-electron chi connectivity index (χ0n) is 51.8. The Morgan fingerprint density at radius 1 is 0.355 bits per heavy atom. The summed E-state index contributed by atoms with van der Waals surface area (Å²) >= 11 is 0. The molecule has 1 amide bonds. The van der Waals surface area contributed by atoms with E-state index >= 15 is 0 Å². The van der Waals surface area contributed by atoms with Crippen molar-refractivity contribution in [2.75, 3.05) is 13.2 Å². The number of rotatable bonds is 66. The fourth-order valence-electron chi connectivity index (χ4n) is 11.2. The third-order valence-electron chi connectivity index (χ3n) is 16.6. The number of carbonyl (C=O) groups excluding carboxylic acids is 2. The van der Waals surface area contributed by atoms with Gasteiger partial charge in [0.25, 0.3) is 0 Å². The van der Waals surface area contributed by atoms with Gasteiger partial charge in [0.15, 0.2) is 0 Å². The van der Waals surface area contributed by atoms with E-state index in [1.54, 1.807) is 6.08 Å². The van der Waals surface area contributed by atoms with Crippen LogP contribution in [0.5, 0.6) is 0 Å². The lowest BCUT2D eigenvalue weighted by Gasteiger charge is -2.20. The van der Waals surface area contributed by atoms with Crippen molar-refractivity contribution in [3.63, 3.8) is 0 Å². The van der Waals surface area contributed by atoms with Gasteiger partial charge in [-0.2, -0.15) is 0 Å². The highest BCUT2D eigenvalue weighted by molar-refractivity contribution is 5.76. The van der Waals surface area contributed by atoms with Crippen LogP contribution in [0.4, 0.5) is 0 Å². The van der Waals surface area contributed by atoms with Crippen molar-refractivity contribution < 1.29 is 24.5 Å². The summed E-state index contributed by atoms with van der Waals surface area (Å²) in [7, 11) is 0. The van der Waals surface area contributed by atoms with Gasteiger partial charge in [0.05, 0.1) is 25.4 Å². The number of hydrogen-bond acceptors (Lipinski definition) is 5. The summed E-state index contributed by atoms with van der Waals surface area (Å²) in [6, 6.07) is -0.623. The molecule has 0 aromatic carbocycles. The summed E-state index contributed by atoms with van der Waals surface area (Å²) in [6.45, 7) is 4.94. The zero-order valence-corrected chi connectivity index (χ0v) is 51.8. The Hall–Kier alpha value is -1.40. The number of nitrogens with one attached hydrogen (secondary N) is 1. The monoisotopic (exact) mass is 1070 g/mol. The number of amides is 1. The van der Waals surface area contributed by atoms with Crippen LogP contribution in [0.2, 0.25) is 0 Å². The molecule has 0 heterocycles. The molecule has 6 heteroatoms. The minimum Gasteiger partial charge on any atom is -0.466 e. The predicted molar refractivity (Wildman–Crippen MR) is 333 cm³/mol. The zero-order chi connectivity index (χ0) is 55.0. The summed E-state index contributed by atoms with van der Waals surface area (Å²) in [5.41, 5.74) is 0. The standard InChI is InChI=1S/C70H137NO5/c1-3-5-7-9-11-13-15-17-40-44-48-52-56-60-64-70(75)76-65-61-57-53-49-45-41-37-35-33-31-29-27-25-23-21-19-18-20-22-24-26-28-30-32-34-36-39-43-47-51-55-59-63-69(74)71-67(66-72)68(73)62-58-54-50-46-42-38-16-14-12-10-8-6-4-2/h58,62,67-68,72-73H,3-57,59-61,63-66H2,1-2H3,(H,71,74)/b62-58+. The van der Waals surface area contributed by atoms with Crippen molar-refractivity contribution in [2.24, 2.45) is 0 Å². The van der Waals surface area contributed by atoms with Crippen LogP contribution in [0, 0.1) is 0 Å². The number of hydrogen-bond donors (Lipinski definition) is 3. The third kappa shape index (κ3) is 61.8. The van der Waals surface area contributed by atoms with Gasteiger partial charge in [0.1, 0.15) is 0 Å². The fourth-order valence-corrected chi connectivity index (χ4v) is 11.2. The molecule has 0 aromatic rings. The number of unbranched alkanes of at least 4 members (excludes halogenated alkanes) is 55. The SMILES string of the molecule is CCCCCCCCCCCCC/C=C/C(O)C(CO)NC(=O)CCCCCCCCCCCCCCCCCCCCCCCCCCCCCCCCCCOC(=O)CCCCCCCCCCCCCCCC. The summed E-state index contributed by atoms with van der Waals surface area (Å²) < 4.78 is 5.50. The van der Waals surface area contributed by atoms with Gasteiger partial charge in [-0.1, -0.05) is 366 Å². The van der Waals surface area contributed by atoms with E-state index in [-0.39, 0.29) is 18.5 Å². The summed E-state index contributed by atoms with van der Waals surface area (Å²) in [6.07, 6.45) is 81.6. The molecule has 0 fully saturated rings. The molecule has 0 aliphatic carbocycles. The van der Waals surface area contributed by atoms with Gasteiger partial charge in [-0.25, -0.2) is 0 Å². The van der Waals surface area contributed by atoms with Crippen LogP contribution >= 0.6 is 0 Å². The molecule has 3 N–H and O–H groups in total. The Morgan fingerprint density at radius 3 is 0.895 bits per heavy atom. The molecule has 452 valence electrons. The summed E-state index contributed by atoms with van der Waals surface area (Å²) in [5, 5.41) is 23.1. The second kappa shape index (κ2) is 66.1. The first-order chi connectivity index (χ1) is 37.5. The van der Waals surface area contributed by atoms with E-state index in [2.05, 4.69) is 19.2 Å². The van der Waals surface area contributed by atoms with E-state index in [4.69, 9.17) is 4.74 Å². The Labute approximate surface area is 476 Å². The lowest BCUT2D eigenvalue weighted by atomic mass is 10.0. The second-order valence-corrected chi connectivity index (χ2v) is 24.2. The molecule has 2 atom stereocenters. The molecule has 6 nitrogen and oxygen atoms in total. The molecule has 0 bridgehead atoms. The van der Waals surface area contributed by atoms with Crippen molar-refractivity contribution in [1.82, 2.24) is 5.32 Å². The van der Waals surface area contributed by atoms with Gasteiger partial charge in [-0.05, 0) is 32.1 Å². The molecule has 0 saturated carbocycles. The largest absolute Gasteiger partial charge is 0.466 e. The van der Waals surface area contributed by atoms with Gasteiger partial charge >= 0.3 is 5.97 Å². The van der Waals surface area contributed by atoms with E-state index in [0.29, 0.717) is 19.4 Å². The van der Waals surface area contributed by atoms with Crippen LogP contribution in [-0.2, 0) is 14.3 Å². The van der Waals surface area contributed by atoms with Crippen LogP contribution in [0.3, 0.4) is 0 Å². The lowest BCUT2D eigenvalue weighted by Crippen LogP contribution is -2.45. The highest BCUT2D eigenvalue weighted by Gasteiger charge is 2.18. The molecule has 0 aliphatic rings. The van der Waals surface area contributed by atoms with Gasteiger partial charge in [-0.3, -0.25) is 9.59 Å². The van der Waals surface area contributed by atoms with Gasteiger partial charge < -0.3 is 20.3 Å². The van der Waals surface area contributed by atoms with Crippen LogP contribution in [0.15, 0.2) is 12.2 Å². The van der Waals surface area contributed by atoms with Crippen LogP contribution in [0.25, 0.3) is 0 Å². The van der Waals surface area contributed by atoms with E-state index < -0.39 is 12.1 Å². The predicted octanol–water partition coefficient (Wildman–Crippen LogP) is 22.4.